The SMILES string of the molecule is O=C(/C=C/c1cn(-c2ccccc2)nc1-c1cccs1)N1CCC(C(=O)N2CCOCC2)CC1. The maximum Gasteiger partial charge on any atom is 0.246 e. The summed E-state index contributed by atoms with van der Waals surface area (Å²) in [6.07, 6.45) is 6.87. The quantitative estimate of drug-likeness (QED) is 0.527. The number of para-hydroxylation sites is 1. The second-order valence-electron chi connectivity index (χ2n) is 8.56. The van der Waals surface area contributed by atoms with Crippen LogP contribution in [-0.4, -0.2) is 70.8 Å². The summed E-state index contributed by atoms with van der Waals surface area (Å²) >= 11 is 1.63. The molecule has 0 atom stereocenters. The first kappa shape index (κ1) is 22.6. The number of piperidine rings is 1. The molecule has 0 radical (unpaired) electrons. The molecule has 0 aliphatic carbocycles. The highest BCUT2D eigenvalue weighted by atomic mass is 32.1. The maximum atomic E-state index is 12.9. The van der Waals surface area contributed by atoms with Gasteiger partial charge in [0.05, 0.1) is 23.8 Å². The molecule has 2 fully saturated rings. The van der Waals surface area contributed by atoms with Crippen LogP contribution in [0.1, 0.15) is 18.4 Å². The van der Waals surface area contributed by atoms with Gasteiger partial charge in [-0.1, -0.05) is 24.3 Å². The van der Waals surface area contributed by atoms with E-state index in [4.69, 9.17) is 9.84 Å². The number of morpholine rings is 1. The van der Waals surface area contributed by atoms with E-state index in [0.29, 0.717) is 52.2 Å². The zero-order valence-electron chi connectivity index (χ0n) is 19.0. The van der Waals surface area contributed by atoms with Crippen molar-refractivity contribution in [2.24, 2.45) is 5.92 Å². The number of aromatic nitrogens is 2. The lowest BCUT2D eigenvalue weighted by Crippen LogP contribution is -2.47. The van der Waals surface area contributed by atoms with E-state index in [9.17, 15) is 9.59 Å². The Morgan fingerprint density at radius 3 is 2.44 bits per heavy atom. The first-order chi connectivity index (χ1) is 16.7. The molecule has 0 saturated carbocycles. The minimum Gasteiger partial charge on any atom is -0.378 e. The normalized spacial score (nSPS) is 17.4. The third-order valence-electron chi connectivity index (χ3n) is 6.40. The first-order valence-corrected chi connectivity index (χ1v) is 12.6. The molecule has 2 saturated heterocycles. The predicted octanol–water partition coefficient (Wildman–Crippen LogP) is 3.71. The summed E-state index contributed by atoms with van der Waals surface area (Å²) in [5, 5.41) is 6.81. The van der Waals surface area contributed by atoms with Gasteiger partial charge in [-0.2, -0.15) is 5.10 Å². The number of hydrogen-bond acceptors (Lipinski definition) is 5. The monoisotopic (exact) mass is 476 g/mol. The van der Waals surface area contributed by atoms with Crippen molar-refractivity contribution < 1.29 is 14.3 Å². The molecular weight excluding hydrogens is 448 g/mol. The summed E-state index contributed by atoms with van der Waals surface area (Å²) in [5.41, 5.74) is 2.73. The number of amides is 2. The van der Waals surface area contributed by atoms with Crippen molar-refractivity contribution in [2.75, 3.05) is 39.4 Å². The Morgan fingerprint density at radius 1 is 0.971 bits per heavy atom. The number of hydrogen-bond donors (Lipinski definition) is 0. The van der Waals surface area contributed by atoms with Gasteiger partial charge in [0.15, 0.2) is 0 Å². The number of nitrogens with zero attached hydrogens (tertiary/aromatic N) is 4. The van der Waals surface area contributed by atoms with Gasteiger partial charge >= 0.3 is 0 Å². The number of carbonyl (C=O) groups is 2. The van der Waals surface area contributed by atoms with Gasteiger partial charge in [-0.25, -0.2) is 4.68 Å². The van der Waals surface area contributed by atoms with Crippen molar-refractivity contribution in [1.29, 1.82) is 0 Å². The van der Waals surface area contributed by atoms with Gasteiger partial charge in [-0.3, -0.25) is 9.59 Å². The van der Waals surface area contributed by atoms with Gasteiger partial charge in [0.2, 0.25) is 11.8 Å². The standard InChI is InChI=1S/C26H28N4O3S/c31-24(28-12-10-20(11-13-28)26(32)29-14-16-33-17-15-29)9-8-21-19-30(22-5-2-1-3-6-22)27-25(21)23-7-4-18-34-23/h1-9,18-20H,10-17H2/b9-8+. The van der Waals surface area contributed by atoms with E-state index < -0.39 is 0 Å². The average molecular weight is 477 g/mol. The van der Waals surface area contributed by atoms with Gasteiger partial charge in [0.25, 0.3) is 0 Å². The van der Waals surface area contributed by atoms with Crippen LogP contribution in [0.15, 0.2) is 60.1 Å². The third kappa shape index (κ3) is 4.98. The molecule has 0 N–H and O–H groups in total. The second-order valence-corrected chi connectivity index (χ2v) is 9.51. The molecule has 0 spiro atoms. The van der Waals surface area contributed by atoms with Crippen LogP contribution in [0.5, 0.6) is 0 Å². The van der Waals surface area contributed by atoms with Crippen molar-refractivity contribution >= 4 is 29.2 Å². The molecule has 3 aromatic rings. The summed E-state index contributed by atoms with van der Waals surface area (Å²) in [6.45, 7) is 3.77. The Labute approximate surface area is 203 Å². The molecule has 2 aromatic heterocycles. The molecule has 0 bridgehead atoms. The highest BCUT2D eigenvalue weighted by Crippen LogP contribution is 2.29. The number of ether oxygens (including phenoxy) is 1. The zero-order valence-corrected chi connectivity index (χ0v) is 19.8. The Morgan fingerprint density at radius 2 is 1.74 bits per heavy atom. The number of thiophene rings is 1. The van der Waals surface area contributed by atoms with Crippen LogP contribution in [0.3, 0.4) is 0 Å². The summed E-state index contributed by atoms with van der Waals surface area (Å²) in [4.78, 5) is 30.5. The molecule has 7 nitrogen and oxygen atoms in total. The first-order valence-electron chi connectivity index (χ1n) is 11.7. The molecule has 2 aliphatic rings. The smallest absolute Gasteiger partial charge is 0.246 e. The lowest BCUT2D eigenvalue weighted by molar-refractivity contribution is -0.142. The molecule has 0 unspecified atom stereocenters. The van der Waals surface area contributed by atoms with Crippen molar-refractivity contribution in [3.8, 4) is 16.3 Å². The fraction of sp³-hybridized carbons (Fsp3) is 0.346. The number of rotatable bonds is 5. The average Bonchev–Trinajstić information content (AvgIpc) is 3.58. The minimum atomic E-state index is -0.0261. The second kappa shape index (κ2) is 10.4. The molecule has 2 amide bonds. The van der Waals surface area contributed by atoms with E-state index in [1.54, 1.807) is 17.4 Å². The Balaban J connectivity index is 1.26. The predicted molar refractivity (Wildman–Crippen MR) is 133 cm³/mol. The summed E-state index contributed by atoms with van der Waals surface area (Å²) in [7, 11) is 0. The Hall–Kier alpha value is -3.23. The van der Waals surface area contributed by atoms with Gasteiger partial charge in [-0.05, 0) is 42.5 Å². The van der Waals surface area contributed by atoms with Crippen molar-refractivity contribution in [1.82, 2.24) is 19.6 Å². The number of benzene rings is 1. The zero-order chi connectivity index (χ0) is 23.3. The van der Waals surface area contributed by atoms with Crippen LogP contribution in [0.4, 0.5) is 0 Å². The highest BCUT2D eigenvalue weighted by Gasteiger charge is 2.30. The molecule has 4 heterocycles. The van der Waals surface area contributed by atoms with Crippen molar-refractivity contribution in [3.05, 3.63) is 65.7 Å². The summed E-state index contributed by atoms with van der Waals surface area (Å²) in [6, 6.07) is 14.0. The van der Waals surface area contributed by atoms with Crippen LogP contribution < -0.4 is 0 Å². The van der Waals surface area contributed by atoms with Gasteiger partial charge in [0, 0.05) is 49.9 Å². The van der Waals surface area contributed by atoms with Crippen LogP contribution in [-0.2, 0) is 14.3 Å². The van der Waals surface area contributed by atoms with E-state index in [0.717, 1.165) is 21.8 Å². The van der Waals surface area contributed by atoms with E-state index in [-0.39, 0.29) is 17.7 Å². The van der Waals surface area contributed by atoms with Crippen LogP contribution >= 0.6 is 11.3 Å². The molecule has 8 heteroatoms. The topological polar surface area (TPSA) is 67.7 Å². The Bertz CT molecular complexity index is 1140. The van der Waals surface area contributed by atoms with Crippen LogP contribution in [0.25, 0.3) is 22.3 Å². The van der Waals surface area contributed by atoms with E-state index in [1.807, 2.05) is 74.6 Å². The minimum absolute atomic E-state index is 0.000616. The van der Waals surface area contributed by atoms with Crippen molar-refractivity contribution in [2.45, 2.75) is 12.8 Å². The summed E-state index contributed by atoms with van der Waals surface area (Å²) < 4.78 is 7.20. The van der Waals surface area contributed by atoms with E-state index in [1.165, 1.54) is 0 Å². The maximum absolute atomic E-state index is 12.9. The summed E-state index contributed by atoms with van der Waals surface area (Å²) in [5.74, 6) is 0.183. The molecule has 1 aromatic carbocycles. The molecule has 176 valence electrons. The largest absolute Gasteiger partial charge is 0.378 e. The fourth-order valence-corrected chi connectivity index (χ4v) is 5.21. The van der Waals surface area contributed by atoms with Crippen molar-refractivity contribution in [3.63, 3.8) is 0 Å². The fourth-order valence-electron chi connectivity index (χ4n) is 4.48. The van der Waals surface area contributed by atoms with Gasteiger partial charge in [-0.15, -0.1) is 11.3 Å². The lowest BCUT2D eigenvalue weighted by atomic mass is 9.95. The number of likely N-dealkylation sites (tertiary alicyclic amines) is 1. The lowest BCUT2D eigenvalue weighted by Gasteiger charge is -2.35. The van der Waals surface area contributed by atoms with Crippen LogP contribution in [0.2, 0.25) is 0 Å². The van der Waals surface area contributed by atoms with Gasteiger partial charge < -0.3 is 14.5 Å². The molecule has 2 aliphatic heterocycles. The molecular formula is C26H28N4O3S. The van der Waals surface area contributed by atoms with Crippen LogP contribution in [0, 0.1) is 5.92 Å². The third-order valence-corrected chi connectivity index (χ3v) is 7.28. The van der Waals surface area contributed by atoms with E-state index in [2.05, 4.69) is 0 Å². The highest BCUT2D eigenvalue weighted by molar-refractivity contribution is 7.13. The van der Waals surface area contributed by atoms with E-state index >= 15 is 0 Å². The number of carbonyl (C=O) groups excluding carboxylic acids is 2. The van der Waals surface area contributed by atoms with Gasteiger partial charge in [0.1, 0.15) is 5.69 Å². The Kier molecular flexibility index (Phi) is 6.87. The molecule has 5 rings (SSSR count). The molecule has 34 heavy (non-hydrogen) atoms.